The van der Waals surface area contributed by atoms with E-state index in [1.807, 2.05) is 0 Å². The molecule has 0 saturated heterocycles. The molecule has 0 fully saturated rings. The van der Waals surface area contributed by atoms with Gasteiger partial charge in [-0.2, -0.15) is 0 Å². The summed E-state index contributed by atoms with van der Waals surface area (Å²) >= 11 is 1.02. The van der Waals surface area contributed by atoms with Crippen molar-refractivity contribution in [1.29, 1.82) is 0 Å². The van der Waals surface area contributed by atoms with Crippen LogP contribution in [0.1, 0.15) is 22.3 Å². The van der Waals surface area contributed by atoms with E-state index in [4.69, 9.17) is 5.11 Å². The maximum absolute atomic E-state index is 11.8. The molecule has 1 N–H and O–H groups in total. The molecule has 0 aliphatic carbocycles. The summed E-state index contributed by atoms with van der Waals surface area (Å²) in [5, 5.41) is 12.5. The highest BCUT2D eigenvalue weighted by Gasteiger charge is 2.21. The minimum absolute atomic E-state index is 0.172. The summed E-state index contributed by atoms with van der Waals surface area (Å²) in [4.78, 5) is 24.3. The van der Waals surface area contributed by atoms with Crippen LogP contribution < -0.4 is 0 Å². The molecule has 1 rings (SSSR count). The number of carbonyl (C=O) groups is 2. The van der Waals surface area contributed by atoms with Gasteiger partial charge in [-0.3, -0.25) is 9.59 Å². The number of rotatable bonds is 4. The first-order chi connectivity index (χ1) is 7.43. The average Bonchev–Trinajstić information content (AvgIpc) is 2.62. The summed E-state index contributed by atoms with van der Waals surface area (Å²) in [6.07, 6.45) is 0. The third-order valence-corrected chi connectivity index (χ3v) is 2.98. The molecule has 0 aliphatic rings. The zero-order valence-corrected chi connectivity index (χ0v) is 10.1. The lowest BCUT2D eigenvalue weighted by atomic mass is 10.2. The van der Waals surface area contributed by atoms with Crippen LogP contribution in [0.2, 0.25) is 0 Å². The molecule has 88 valence electrons. The lowest BCUT2D eigenvalue weighted by molar-refractivity contribution is -0.141. The number of nitrogens with zero attached hydrogens (tertiary/aromatic N) is 3. The van der Waals surface area contributed by atoms with Crippen molar-refractivity contribution < 1.29 is 14.7 Å². The van der Waals surface area contributed by atoms with Crippen LogP contribution in [-0.2, 0) is 4.79 Å². The van der Waals surface area contributed by atoms with E-state index in [0.29, 0.717) is 10.6 Å². The molecule has 1 aromatic heterocycles. The van der Waals surface area contributed by atoms with E-state index in [0.717, 1.165) is 11.5 Å². The molecule has 0 saturated carbocycles. The number of carboxylic acids is 1. The summed E-state index contributed by atoms with van der Waals surface area (Å²) in [5.74, 6) is -1.74. The predicted molar refractivity (Wildman–Crippen MR) is 58.4 cm³/mol. The first kappa shape index (κ1) is 12.6. The van der Waals surface area contributed by atoms with Crippen molar-refractivity contribution in [3.05, 3.63) is 10.6 Å². The van der Waals surface area contributed by atoms with Gasteiger partial charge in [0.1, 0.15) is 4.88 Å². The number of hydrogen-bond acceptors (Lipinski definition) is 5. The smallest absolute Gasteiger partial charge is 0.308 e. The third kappa shape index (κ3) is 2.75. The third-order valence-electron chi connectivity index (χ3n) is 2.16. The number of amides is 1. The van der Waals surface area contributed by atoms with Gasteiger partial charge in [0.15, 0.2) is 0 Å². The Bertz CT molecular complexity index is 404. The Labute approximate surface area is 97.1 Å². The lowest BCUT2D eigenvalue weighted by Crippen LogP contribution is -2.33. The van der Waals surface area contributed by atoms with Crippen molar-refractivity contribution in [2.45, 2.75) is 13.8 Å². The highest BCUT2D eigenvalue weighted by atomic mass is 32.1. The number of carbonyl (C=O) groups excluding carboxylic acids is 1. The van der Waals surface area contributed by atoms with E-state index in [-0.39, 0.29) is 12.5 Å². The molecule has 0 aliphatic heterocycles. The molecule has 0 radical (unpaired) electrons. The van der Waals surface area contributed by atoms with E-state index in [1.165, 1.54) is 4.90 Å². The number of carboxylic acid groups (broad SMARTS) is 1. The van der Waals surface area contributed by atoms with E-state index in [1.54, 1.807) is 20.9 Å². The first-order valence-corrected chi connectivity index (χ1v) is 5.48. The Morgan fingerprint density at radius 2 is 2.19 bits per heavy atom. The van der Waals surface area contributed by atoms with Crippen LogP contribution >= 0.6 is 11.5 Å². The normalized spacial score (nSPS) is 12.2. The molecular weight excluding hydrogens is 230 g/mol. The summed E-state index contributed by atoms with van der Waals surface area (Å²) in [6.45, 7) is 3.43. The number of aliphatic carboxylic acids is 1. The molecule has 16 heavy (non-hydrogen) atoms. The Morgan fingerprint density at radius 1 is 1.56 bits per heavy atom. The van der Waals surface area contributed by atoms with Crippen molar-refractivity contribution in [2.24, 2.45) is 5.92 Å². The van der Waals surface area contributed by atoms with Crippen molar-refractivity contribution >= 4 is 23.4 Å². The Kier molecular flexibility index (Phi) is 3.94. The van der Waals surface area contributed by atoms with Gasteiger partial charge < -0.3 is 10.0 Å². The van der Waals surface area contributed by atoms with Crippen molar-refractivity contribution in [2.75, 3.05) is 13.6 Å². The summed E-state index contributed by atoms with van der Waals surface area (Å²) < 4.78 is 3.67. The summed E-state index contributed by atoms with van der Waals surface area (Å²) in [7, 11) is 1.57. The fraction of sp³-hybridized carbons (Fsp3) is 0.556. The largest absolute Gasteiger partial charge is 0.481 e. The second kappa shape index (κ2) is 5.02. The minimum atomic E-state index is -0.918. The van der Waals surface area contributed by atoms with Gasteiger partial charge in [0.05, 0.1) is 11.6 Å². The second-order valence-corrected chi connectivity index (χ2v) is 4.37. The second-order valence-electron chi connectivity index (χ2n) is 3.61. The Morgan fingerprint density at radius 3 is 2.62 bits per heavy atom. The minimum Gasteiger partial charge on any atom is -0.481 e. The van der Waals surface area contributed by atoms with Crippen molar-refractivity contribution in [1.82, 2.24) is 14.5 Å². The van der Waals surface area contributed by atoms with Crippen LogP contribution in [0.25, 0.3) is 0 Å². The molecule has 1 amide bonds. The summed E-state index contributed by atoms with van der Waals surface area (Å²) in [6, 6.07) is 0. The van der Waals surface area contributed by atoms with Gasteiger partial charge in [0, 0.05) is 13.6 Å². The van der Waals surface area contributed by atoms with Gasteiger partial charge in [-0.15, -0.1) is 5.10 Å². The Hall–Kier alpha value is -1.50. The van der Waals surface area contributed by atoms with Crippen LogP contribution in [0.15, 0.2) is 0 Å². The predicted octanol–water partition coefficient (Wildman–Crippen LogP) is 0.639. The molecule has 1 unspecified atom stereocenters. The van der Waals surface area contributed by atoms with Gasteiger partial charge in [-0.25, -0.2) is 0 Å². The maximum atomic E-state index is 11.8. The lowest BCUT2D eigenvalue weighted by Gasteiger charge is -2.18. The van der Waals surface area contributed by atoms with Gasteiger partial charge in [0.25, 0.3) is 5.91 Å². The monoisotopic (exact) mass is 243 g/mol. The highest BCUT2D eigenvalue weighted by Crippen LogP contribution is 2.12. The van der Waals surface area contributed by atoms with Crippen LogP contribution in [-0.4, -0.2) is 45.1 Å². The van der Waals surface area contributed by atoms with E-state index in [2.05, 4.69) is 9.59 Å². The average molecular weight is 243 g/mol. The maximum Gasteiger partial charge on any atom is 0.308 e. The summed E-state index contributed by atoms with van der Waals surface area (Å²) in [5.41, 5.74) is 0.574. The number of aryl methyl sites for hydroxylation is 1. The number of hydrogen-bond donors (Lipinski definition) is 1. The van der Waals surface area contributed by atoms with Crippen molar-refractivity contribution in [3.8, 4) is 0 Å². The molecule has 1 atom stereocenters. The molecule has 0 bridgehead atoms. The molecule has 0 aromatic carbocycles. The molecule has 0 spiro atoms. The fourth-order valence-corrected chi connectivity index (χ4v) is 1.82. The van der Waals surface area contributed by atoms with Crippen LogP contribution in [0.5, 0.6) is 0 Å². The van der Waals surface area contributed by atoms with Gasteiger partial charge in [-0.05, 0) is 18.5 Å². The molecule has 6 nitrogen and oxygen atoms in total. The Balaban J connectivity index is 2.69. The zero-order valence-electron chi connectivity index (χ0n) is 9.30. The quantitative estimate of drug-likeness (QED) is 0.839. The van der Waals surface area contributed by atoms with Crippen LogP contribution in [0, 0.1) is 12.8 Å². The molecule has 1 heterocycles. The zero-order chi connectivity index (χ0) is 12.3. The number of aromatic nitrogens is 2. The van der Waals surface area contributed by atoms with E-state index >= 15 is 0 Å². The molecule has 7 heteroatoms. The van der Waals surface area contributed by atoms with Crippen molar-refractivity contribution in [3.63, 3.8) is 0 Å². The first-order valence-electron chi connectivity index (χ1n) is 4.70. The fourth-order valence-electron chi connectivity index (χ4n) is 1.17. The van der Waals surface area contributed by atoms with E-state index in [9.17, 15) is 9.59 Å². The topological polar surface area (TPSA) is 83.4 Å². The molecule has 1 aromatic rings. The van der Waals surface area contributed by atoms with Crippen LogP contribution in [0.4, 0.5) is 0 Å². The van der Waals surface area contributed by atoms with Crippen LogP contribution in [0.3, 0.4) is 0 Å². The van der Waals surface area contributed by atoms with Gasteiger partial charge in [0.2, 0.25) is 0 Å². The highest BCUT2D eigenvalue weighted by molar-refractivity contribution is 7.07. The SMILES string of the molecule is Cc1nnsc1C(=O)N(C)CC(C)C(=O)O. The molecular formula is C9H13N3O3S. The van der Waals surface area contributed by atoms with Gasteiger partial charge in [-0.1, -0.05) is 11.4 Å². The van der Waals surface area contributed by atoms with Gasteiger partial charge >= 0.3 is 5.97 Å². The van der Waals surface area contributed by atoms with E-state index < -0.39 is 11.9 Å². The standard InChI is InChI=1S/C9H13N3O3S/c1-5(9(14)15)4-12(3)8(13)7-6(2)10-11-16-7/h5H,4H2,1-3H3,(H,14,15).